The normalized spacial score (nSPS) is 11.2. The molecule has 1 amide bonds. The molecule has 1 N–H and O–H groups in total. The van der Waals surface area contributed by atoms with Crippen molar-refractivity contribution >= 4 is 33.4 Å². The smallest absolute Gasteiger partial charge is 0.272 e. The molecule has 0 aliphatic rings. The molecule has 6 rings (SSSR count). The van der Waals surface area contributed by atoms with Gasteiger partial charge in [0.05, 0.1) is 5.52 Å². The predicted octanol–water partition coefficient (Wildman–Crippen LogP) is 7.04. The summed E-state index contributed by atoms with van der Waals surface area (Å²) in [6.45, 7) is 0. The first kappa shape index (κ1) is 20.1. The molecule has 4 nitrogen and oxygen atoms in total. The van der Waals surface area contributed by atoms with Crippen LogP contribution in [0.25, 0.3) is 38.6 Å². The topological polar surface area (TPSA) is 39.0 Å². The highest BCUT2D eigenvalue weighted by molar-refractivity contribution is 6.07. The second-order valence-corrected chi connectivity index (χ2v) is 8.49. The molecule has 0 atom stereocenters. The number of fused-ring (bicyclic) bond motifs is 2. The van der Waals surface area contributed by atoms with Crippen molar-refractivity contribution in [2.24, 2.45) is 7.05 Å². The Kier molecular flexibility index (Phi) is 4.77. The lowest BCUT2D eigenvalue weighted by molar-refractivity contribution is 0.102. The van der Waals surface area contributed by atoms with Crippen molar-refractivity contribution in [1.29, 1.82) is 0 Å². The van der Waals surface area contributed by atoms with Gasteiger partial charge in [0.15, 0.2) is 0 Å². The number of benzene rings is 4. The fraction of sp³-hybridized carbons (Fsp3) is 0.0333. The third kappa shape index (κ3) is 3.46. The average Bonchev–Trinajstić information content (AvgIpc) is 3.45. The lowest BCUT2D eigenvalue weighted by Crippen LogP contribution is -2.16. The van der Waals surface area contributed by atoms with Gasteiger partial charge in [0.1, 0.15) is 5.69 Å². The Bertz CT molecular complexity index is 1640. The van der Waals surface area contributed by atoms with E-state index in [1.165, 1.54) is 5.56 Å². The van der Waals surface area contributed by atoms with E-state index < -0.39 is 0 Å². The number of carbonyl (C=O) groups excluding carboxylic acids is 1. The van der Waals surface area contributed by atoms with Gasteiger partial charge < -0.3 is 14.5 Å². The fourth-order valence-electron chi connectivity index (χ4n) is 4.59. The number of amides is 1. The summed E-state index contributed by atoms with van der Waals surface area (Å²) in [7, 11) is 2.02. The number of anilines is 1. The molecule has 164 valence electrons. The molecule has 0 aliphatic carbocycles. The zero-order valence-corrected chi connectivity index (χ0v) is 18.8. The third-order valence-corrected chi connectivity index (χ3v) is 6.32. The molecule has 34 heavy (non-hydrogen) atoms. The molecule has 2 heterocycles. The summed E-state index contributed by atoms with van der Waals surface area (Å²) in [6, 6.07) is 36.7. The van der Waals surface area contributed by atoms with Crippen LogP contribution in [0.4, 0.5) is 5.69 Å². The second-order valence-electron chi connectivity index (χ2n) is 8.49. The maximum absolute atomic E-state index is 13.5. The van der Waals surface area contributed by atoms with E-state index in [9.17, 15) is 4.79 Å². The van der Waals surface area contributed by atoms with Gasteiger partial charge in [0.2, 0.25) is 0 Å². The molecular formula is C30H23N3O. The van der Waals surface area contributed by atoms with E-state index in [1.54, 1.807) is 0 Å². The SMILES string of the molecule is Cn1ccc2cc(NC(=O)c3cc4ccccc4n3-c3ccc(-c4ccccc4)cc3)ccc21. The average molecular weight is 442 g/mol. The number of hydrogen-bond acceptors (Lipinski definition) is 1. The van der Waals surface area contributed by atoms with Gasteiger partial charge in [-0.3, -0.25) is 4.79 Å². The van der Waals surface area contributed by atoms with Crippen molar-refractivity contribution in [2.45, 2.75) is 0 Å². The Balaban J connectivity index is 1.40. The maximum Gasteiger partial charge on any atom is 0.272 e. The van der Waals surface area contributed by atoms with Crippen molar-refractivity contribution in [2.75, 3.05) is 5.32 Å². The van der Waals surface area contributed by atoms with E-state index in [4.69, 9.17) is 0 Å². The Hall–Kier alpha value is -4.57. The van der Waals surface area contributed by atoms with E-state index in [0.29, 0.717) is 5.69 Å². The van der Waals surface area contributed by atoms with E-state index in [0.717, 1.165) is 38.7 Å². The van der Waals surface area contributed by atoms with Crippen molar-refractivity contribution in [3.63, 3.8) is 0 Å². The summed E-state index contributed by atoms with van der Waals surface area (Å²) in [5.74, 6) is -0.140. The van der Waals surface area contributed by atoms with Gasteiger partial charge in [0.25, 0.3) is 5.91 Å². The van der Waals surface area contributed by atoms with Crippen LogP contribution in [0, 0.1) is 0 Å². The number of rotatable bonds is 4. The highest BCUT2D eigenvalue weighted by Gasteiger charge is 2.17. The van der Waals surface area contributed by atoms with Gasteiger partial charge in [-0.05, 0) is 59.7 Å². The molecule has 0 spiro atoms. The Morgan fingerprint density at radius 3 is 2.21 bits per heavy atom. The molecule has 0 aliphatic heterocycles. The summed E-state index contributed by atoms with van der Waals surface area (Å²) in [5.41, 5.74) is 6.76. The Labute approximate surface area is 197 Å². The monoisotopic (exact) mass is 441 g/mol. The van der Waals surface area contributed by atoms with Crippen LogP contribution >= 0.6 is 0 Å². The molecule has 0 unspecified atom stereocenters. The summed E-state index contributed by atoms with van der Waals surface area (Å²) >= 11 is 0. The first-order chi connectivity index (χ1) is 16.7. The Morgan fingerprint density at radius 2 is 1.38 bits per heavy atom. The minimum atomic E-state index is -0.140. The van der Waals surface area contributed by atoms with Gasteiger partial charge in [-0.15, -0.1) is 0 Å². The standard InChI is InChI=1S/C30H23N3O/c1-32-18-17-24-19-25(13-16-27(24)32)31-30(34)29-20-23-9-5-6-10-28(23)33(29)26-14-11-22(12-15-26)21-7-3-2-4-8-21/h2-20H,1H3,(H,31,34). The van der Waals surface area contributed by atoms with Crippen LogP contribution in [0.3, 0.4) is 0 Å². The molecule has 6 aromatic rings. The number of para-hydroxylation sites is 1. The molecular weight excluding hydrogens is 418 g/mol. The van der Waals surface area contributed by atoms with Crippen LogP contribution < -0.4 is 5.32 Å². The first-order valence-corrected chi connectivity index (χ1v) is 11.3. The van der Waals surface area contributed by atoms with Crippen molar-refractivity contribution in [3.8, 4) is 16.8 Å². The number of hydrogen-bond donors (Lipinski definition) is 1. The largest absolute Gasteiger partial charge is 0.351 e. The summed E-state index contributed by atoms with van der Waals surface area (Å²) < 4.78 is 4.10. The van der Waals surface area contributed by atoms with E-state index in [1.807, 2.05) is 84.5 Å². The Morgan fingerprint density at radius 1 is 0.676 bits per heavy atom. The number of aromatic nitrogens is 2. The van der Waals surface area contributed by atoms with Gasteiger partial charge in [-0.1, -0.05) is 60.7 Å². The minimum Gasteiger partial charge on any atom is -0.351 e. The first-order valence-electron chi connectivity index (χ1n) is 11.3. The number of nitrogens with one attached hydrogen (secondary N) is 1. The molecule has 4 aromatic carbocycles. The molecule has 0 radical (unpaired) electrons. The zero-order valence-electron chi connectivity index (χ0n) is 18.8. The van der Waals surface area contributed by atoms with E-state index >= 15 is 0 Å². The highest BCUT2D eigenvalue weighted by atomic mass is 16.1. The van der Waals surface area contributed by atoms with Crippen LogP contribution in [0.15, 0.2) is 115 Å². The summed E-state index contributed by atoms with van der Waals surface area (Å²) in [6.07, 6.45) is 2.02. The van der Waals surface area contributed by atoms with Crippen LogP contribution in [-0.4, -0.2) is 15.0 Å². The van der Waals surface area contributed by atoms with Gasteiger partial charge in [-0.2, -0.15) is 0 Å². The third-order valence-electron chi connectivity index (χ3n) is 6.32. The van der Waals surface area contributed by atoms with Crippen LogP contribution in [-0.2, 0) is 7.05 Å². The van der Waals surface area contributed by atoms with E-state index in [2.05, 4.69) is 52.3 Å². The zero-order chi connectivity index (χ0) is 23.1. The quantitative estimate of drug-likeness (QED) is 0.313. The van der Waals surface area contributed by atoms with Crippen LogP contribution in [0.5, 0.6) is 0 Å². The maximum atomic E-state index is 13.5. The molecule has 0 fully saturated rings. The fourth-order valence-corrected chi connectivity index (χ4v) is 4.59. The summed E-state index contributed by atoms with van der Waals surface area (Å²) in [4.78, 5) is 13.5. The van der Waals surface area contributed by atoms with Gasteiger partial charge in [0, 0.05) is 40.9 Å². The number of aryl methyl sites for hydroxylation is 1. The lowest BCUT2D eigenvalue weighted by Gasteiger charge is -2.12. The predicted molar refractivity (Wildman–Crippen MR) is 140 cm³/mol. The summed E-state index contributed by atoms with van der Waals surface area (Å²) in [5, 5.41) is 5.22. The lowest BCUT2D eigenvalue weighted by atomic mass is 10.1. The molecule has 0 bridgehead atoms. The minimum absolute atomic E-state index is 0.140. The van der Waals surface area contributed by atoms with Crippen LogP contribution in [0.2, 0.25) is 0 Å². The molecule has 2 aromatic heterocycles. The van der Waals surface area contributed by atoms with Gasteiger partial charge in [-0.25, -0.2) is 0 Å². The van der Waals surface area contributed by atoms with E-state index in [-0.39, 0.29) is 5.91 Å². The van der Waals surface area contributed by atoms with Crippen molar-refractivity contribution in [3.05, 3.63) is 121 Å². The second kappa shape index (κ2) is 8.09. The molecule has 0 saturated carbocycles. The molecule has 4 heteroatoms. The highest BCUT2D eigenvalue weighted by Crippen LogP contribution is 2.28. The number of nitrogens with zero attached hydrogens (tertiary/aromatic N) is 2. The molecule has 0 saturated heterocycles. The number of carbonyl (C=O) groups is 1. The van der Waals surface area contributed by atoms with Crippen molar-refractivity contribution < 1.29 is 4.79 Å². The van der Waals surface area contributed by atoms with Crippen molar-refractivity contribution in [1.82, 2.24) is 9.13 Å². The van der Waals surface area contributed by atoms with Gasteiger partial charge >= 0.3 is 0 Å². The van der Waals surface area contributed by atoms with Crippen LogP contribution in [0.1, 0.15) is 10.5 Å².